The van der Waals surface area contributed by atoms with Crippen molar-refractivity contribution in [2.75, 3.05) is 57.4 Å². The van der Waals surface area contributed by atoms with Crippen molar-refractivity contribution in [2.45, 2.75) is 33.4 Å². The van der Waals surface area contributed by atoms with Crippen LogP contribution in [0.3, 0.4) is 0 Å². The van der Waals surface area contributed by atoms with Crippen molar-refractivity contribution in [3.63, 3.8) is 0 Å². The van der Waals surface area contributed by atoms with Crippen LogP contribution in [0.2, 0.25) is 0 Å². The fraction of sp³-hybridized carbons (Fsp3) is 0.483. The normalized spacial score (nSPS) is 18.3. The second-order valence-corrected chi connectivity index (χ2v) is 10.5. The number of allylic oxidation sites excluding steroid dienone is 1. The largest absolute Gasteiger partial charge is 0.398 e. The number of pyridine rings is 1. The van der Waals surface area contributed by atoms with Gasteiger partial charge in [0.15, 0.2) is 11.5 Å². The van der Waals surface area contributed by atoms with Crippen molar-refractivity contribution < 1.29 is 4.74 Å². The zero-order valence-electron chi connectivity index (χ0n) is 23.1. The third-order valence-electron chi connectivity index (χ3n) is 7.55. The topological polar surface area (TPSA) is 88.0 Å². The van der Waals surface area contributed by atoms with Gasteiger partial charge in [-0.05, 0) is 38.5 Å². The number of hydrogen-bond donors (Lipinski definition) is 1. The van der Waals surface area contributed by atoms with E-state index in [-0.39, 0.29) is 0 Å². The van der Waals surface area contributed by atoms with Gasteiger partial charge < -0.3 is 19.9 Å². The zero-order chi connectivity index (χ0) is 26.6. The van der Waals surface area contributed by atoms with Gasteiger partial charge in [0.2, 0.25) is 0 Å². The third kappa shape index (κ3) is 5.90. The van der Waals surface area contributed by atoms with Gasteiger partial charge in [-0.3, -0.25) is 9.80 Å². The molecule has 2 aliphatic rings. The van der Waals surface area contributed by atoms with E-state index in [1.54, 1.807) is 6.21 Å². The molecule has 0 saturated carbocycles. The summed E-state index contributed by atoms with van der Waals surface area (Å²) in [6, 6.07) is 10.8. The molecule has 3 aromatic rings. The predicted molar refractivity (Wildman–Crippen MR) is 155 cm³/mol. The number of aromatic nitrogens is 3. The van der Waals surface area contributed by atoms with Crippen LogP contribution in [0, 0.1) is 6.92 Å². The summed E-state index contributed by atoms with van der Waals surface area (Å²) in [4.78, 5) is 22.1. The highest BCUT2D eigenvalue weighted by Gasteiger charge is 2.23. The minimum Gasteiger partial charge on any atom is -0.398 e. The zero-order valence-corrected chi connectivity index (χ0v) is 23.1. The maximum atomic E-state index is 6.31. The molecule has 9 nitrogen and oxygen atoms in total. The standard InChI is InChI=1S/C29H40N8O/c1-21(2)36-12-10-35(11-13-36)20-27-33-28-25(37-14-16-38-17-15-37)19-26(32-29(28)34(27)4)31-9-8-24(30)23-7-5-6-22(3)18-23/h5-9,18-19,21H,10-17,20,30H2,1-4H3/b24-8-,31-9?. The Morgan fingerprint density at radius 3 is 2.55 bits per heavy atom. The molecular formula is C29H40N8O. The Labute approximate surface area is 225 Å². The Balaban J connectivity index is 1.43. The van der Waals surface area contributed by atoms with Crippen LogP contribution in [0.15, 0.2) is 41.4 Å². The molecule has 2 N–H and O–H groups in total. The number of aryl methyl sites for hydroxylation is 2. The number of anilines is 1. The van der Waals surface area contributed by atoms with Crippen molar-refractivity contribution in [3.05, 3.63) is 53.4 Å². The van der Waals surface area contributed by atoms with Crippen molar-refractivity contribution >= 4 is 34.6 Å². The molecular weight excluding hydrogens is 476 g/mol. The molecule has 2 aromatic heterocycles. The predicted octanol–water partition coefficient (Wildman–Crippen LogP) is 3.34. The highest BCUT2D eigenvalue weighted by atomic mass is 16.5. The van der Waals surface area contributed by atoms with Crippen LogP contribution >= 0.6 is 0 Å². The molecule has 0 amide bonds. The van der Waals surface area contributed by atoms with Gasteiger partial charge in [0.1, 0.15) is 11.3 Å². The highest BCUT2D eigenvalue weighted by molar-refractivity contribution is 5.90. The molecule has 0 aliphatic carbocycles. The highest BCUT2D eigenvalue weighted by Crippen LogP contribution is 2.31. The third-order valence-corrected chi connectivity index (χ3v) is 7.55. The van der Waals surface area contributed by atoms with Gasteiger partial charge in [-0.2, -0.15) is 0 Å². The smallest absolute Gasteiger partial charge is 0.164 e. The number of fused-ring (bicyclic) bond motifs is 1. The molecule has 5 rings (SSSR count). The molecule has 9 heteroatoms. The number of rotatable bonds is 7. The molecule has 202 valence electrons. The maximum Gasteiger partial charge on any atom is 0.164 e. The van der Waals surface area contributed by atoms with E-state index in [1.807, 2.05) is 24.3 Å². The van der Waals surface area contributed by atoms with E-state index in [0.29, 0.717) is 30.8 Å². The van der Waals surface area contributed by atoms with Gasteiger partial charge in [-0.25, -0.2) is 15.0 Å². The minimum atomic E-state index is 0.592. The molecule has 0 spiro atoms. The van der Waals surface area contributed by atoms with Crippen LogP contribution in [0.5, 0.6) is 0 Å². The fourth-order valence-corrected chi connectivity index (χ4v) is 5.17. The molecule has 38 heavy (non-hydrogen) atoms. The average molecular weight is 517 g/mol. The summed E-state index contributed by atoms with van der Waals surface area (Å²) >= 11 is 0. The lowest BCUT2D eigenvalue weighted by Gasteiger charge is -2.36. The Kier molecular flexibility index (Phi) is 8.06. The van der Waals surface area contributed by atoms with Crippen molar-refractivity contribution in [1.82, 2.24) is 24.3 Å². The number of nitrogens with two attached hydrogens (primary N) is 1. The molecule has 4 heterocycles. The van der Waals surface area contributed by atoms with Crippen LogP contribution < -0.4 is 10.6 Å². The van der Waals surface area contributed by atoms with Crippen LogP contribution in [-0.4, -0.2) is 89.1 Å². The first kappa shape index (κ1) is 26.3. The summed E-state index contributed by atoms with van der Waals surface area (Å²) in [5.41, 5.74) is 12.0. The average Bonchev–Trinajstić information content (AvgIpc) is 3.23. The summed E-state index contributed by atoms with van der Waals surface area (Å²) in [6.07, 6.45) is 3.57. The van der Waals surface area contributed by atoms with Crippen LogP contribution in [0.1, 0.15) is 30.8 Å². The number of piperazine rings is 1. The molecule has 0 unspecified atom stereocenters. The van der Waals surface area contributed by atoms with E-state index >= 15 is 0 Å². The van der Waals surface area contributed by atoms with E-state index in [9.17, 15) is 0 Å². The quantitative estimate of drug-likeness (QED) is 0.482. The Bertz CT molecular complexity index is 1310. The molecule has 2 saturated heterocycles. The number of morpholine rings is 1. The summed E-state index contributed by atoms with van der Waals surface area (Å²) in [7, 11) is 2.06. The number of benzene rings is 1. The fourth-order valence-electron chi connectivity index (χ4n) is 5.17. The first-order valence-electron chi connectivity index (χ1n) is 13.6. The summed E-state index contributed by atoms with van der Waals surface area (Å²) in [5.74, 6) is 1.68. The summed E-state index contributed by atoms with van der Waals surface area (Å²) in [5, 5.41) is 0. The van der Waals surface area contributed by atoms with E-state index in [1.165, 1.54) is 5.56 Å². The van der Waals surface area contributed by atoms with E-state index in [2.05, 4.69) is 64.2 Å². The van der Waals surface area contributed by atoms with E-state index < -0.39 is 0 Å². The number of ether oxygens (including phenoxy) is 1. The number of hydrogen-bond acceptors (Lipinski definition) is 8. The van der Waals surface area contributed by atoms with Gasteiger partial charge in [0.25, 0.3) is 0 Å². The van der Waals surface area contributed by atoms with Gasteiger partial charge in [0.05, 0.1) is 25.4 Å². The van der Waals surface area contributed by atoms with Gasteiger partial charge in [-0.1, -0.05) is 23.8 Å². The van der Waals surface area contributed by atoms with Gasteiger partial charge >= 0.3 is 0 Å². The SMILES string of the molecule is Cc1cccc(/C(N)=C/C=Nc2cc(N3CCOCC3)c3nc(CN4CCN(C(C)C)CC4)n(C)c3n2)c1. The van der Waals surface area contributed by atoms with Gasteiger partial charge in [-0.15, -0.1) is 0 Å². The molecule has 0 bridgehead atoms. The Morgan fingerprint density at radius 1 is 1.08 bits per heavy atom. The number of nitrogens with zero attached hydrogens (tertiary/aromatic N) is 7. The molecule has 2 aliphatic heterocycles. The lowest BCUT2D eigenvalue weighted by atomic mass is 10.1. The van der Waals surface area contributed by atoms with Crippen molar-refractivity contribution in [3.8, 4) is 0 Å². The first-order chi connectivity index (χ1) is 18.4. The molecule has 0 atom stereocenters. The second kappa shape index (κ2) is 11.6. The van der Waals surface area contributed by atoms with Crippen LogP contribution in [-0.2, 0) is 18.3 Å². The number of aliphatic imine (C=N–C) groups is 1. The Morgan fingerprint density at radius 2 is 1.84 bits per heavy atom. The lowest BCUT2D eigenvalue weighted by Crippen LogP contribution is -2.48. The summed E-state index contributed by atoms with van der Waals surface area (Å²) < 4.78 is 7.74. The minimum absolute atomic E-state index is 0.592. The monoisotopic (exact) mass is 516 g/mol. The first-order valence-corrected chi connectivity index (χ1v) is 13.6. The van der Waals surface area contributed by atoms with Crippen molar-refractivity contribution in [1.29, 1.82) is 0 Å². The molecule has 1 aromatic carbocycles. The van der Waals surface area contributed by atoms with Gasteiger partial charge in [0, 0.05) is 70.3 Å². The van der Waals surface area contributed by atoms with Crippen LogP contribution in [0.25, 0.3) is 16.9 Å². The molecule has 2 fully saturated rings. The van der Waals surface area contributed by atoms with E-state index in [4.69, 9.17) is 20.4 Å². The maximum absolute atomic E-state index is 6.31. The Hall–Kier alpha value is -3.27. The molecule has 0 radical (unpaired) electrons. The lowest BCUT2D eigenvalue weighted by molar-refractivity contribution is 0.102. The van der Waals surface area contributed by atoms with E-state index in [0.717, 1.165) is 74.1 Å². The van der Waals surface area contributed by atoms with Crippen LogP contribution in [0.4, 0.5) is 11.5 Å². The number of imidazole rings is 1. The second-order valence-electron chi connectivity index (χ2n) is 10.5. The summed E-state index contributed by atoms with van der Waals surface area (Å²) in [6.45, 7) is 14.8. The van der Waals surface area contributed by atoms with Crippen molar-refractivity contribution in [2.24, 2.45) is 17.8 Å².